The predicted molar refractivity (Wildman–Crippen MR) is 129 cm³/mol. The molecule has 0 aliphatic rings. The average molecular weight is 474 g/mol. The molecule has 0 fully saturated rings. The second-order valence-electron chi connectivity index (χ2n) is 7.91. The maximum Gasteiger partial charge on any atom is 0.312 e. The topological polar surface area (TPSA) is 211 Å². The molecule has 11 heteroatoms. The van der Waals surface area contributed by atoms with Gasteiger partial charge in [-0.3, -0.25) is 10.2 Å². The first-order valence-corrected chi connectivity index (χ1v) is 10.4. The Bertz CT molecular complexity index is 1490. The molecule has 0 aliphatic carbocycles. The normalized spacial score (nSPS) is 10.9. The van der Waals surface area contributed by atoms with E-state index in [0.717, 1.165) is 0 Å². The van der Waals surface area contributed by atoms with E-state index in [1.165, 1.54) is 18.2 Å². The number of aromatic nitrogens is 2. The first-order chi connectivity index (χ1) is 16.6. The lowest BCUT2D eigenvalue weighted by Gasteiger charge is -2.14. The van der Waals surface area contributed by atoms with Crippen LogP contribution in [0.3, 0.4) is 0 Å². The molecule has 178 valence electrons. The number of hydrogen-bond acceptors (Lipinski definition) is 6. The first-order valence-electron chi connectivity index (χ1n) is 10.4. The number of amides is 2. The van der Waals surface area contributed by atoms with Crippen LogP contribution in [0.4, 0.5) is 4.79 Å². The number of phenols is 2. The number of fused-ring (bicyclic) bond motifs is 1. The van der Waals surface area contributed by atoms with Gasteiger partial charge in [0.15, 0.2) is 0 Å². The third-order valence-corrected chi connectivity index (χ3v) is 5.39. The van der Waals surface area contributed by atoms with Gasteiger partial charge < -0.3 is 37.1 Å². The highest BCUT2D eigenvalue weighted by molar-refractivity contribution is 5.98. The smallest absolute Gasteiger partial charge is 0.312 e. The number of H-pyrrole nitrogens is 1. The molecule has 4 rings (SSSR count). The third kappa shape index (κ3) is 4.83. The molecule has 10 N–H and O–H groups in total. The number of hydrogen-bond donors (Lipinski definition) is 8. The van der Waals surface area contributed by atoms with Gasteiger partial charge in [0.2, 0.25) is 0 Å². The lowest BCUT2D eigenvalue weighted by molar-refractivity contribution is -0.136. The number of aliphatic carboxylic acids is 1. The van der Waals surface area contributed by atoms with Crippen LogP contribution in [0, 0.1) is 5.41 Å². The maximum absolute atomic E-state index is 11.4. The predicted octanol–water partition coefficient (Wildman–Crippen LogP) is 2.39. The van der Waals surface area contributed by atoms with Gasteiger partial charge in [-0.05, 0) is 53.6 Å². The monoisotopic (exact) mass is 474 g/mol. The summed E-state index contributed by atoms with van der Waals surface area (Å²) in [4.78, 5) is 30.1. The third-order valence-electron chi connectivity index (χ3n) is 5.39. The fraction of sp³-hybridized carbons (Fsp3) is 0.0833. The molecule has 3 aromatic carbocycles. The summed E-state index contributed by atoms with van der Waals surface area (Å²) in [5.74, 6) is -1.33. The average Bonchev–Trinajstić information content (AvgIpc) is 3.22. The Labute approximate surface area is 198 Å². The van der Waals surface area contributed by atoms with Crippen LogP contribution >= 0.6 is 0 Å². The Balaban J connectivity index is 1.88. The van der Waals surface area contributed by atoms with Crippen LogP contribution < -0.4 is 16.8 Å². The highest BCUT2D eigenvalue weighted by Crippen LogP contribution is 2.42. The zero-order valence-corrected chi connectivity index (χ0v) is 18.3. The summed E-state index contributed by atoms with van der Waals surface area (Å²) in [5, 5.41) is 41.1. The number of amidine groups is 1. The van der Waals surface area contributed by atoms with Crippen molar-refractivity contribution in [2.45, 2.75) is 13.0 Å². The quantitative estimate of drug-likeness (QED) is 0.148. The summed E-state index contributed by atoms with van der Waals surface area (Å²) in [6, 6.07) is 11.8. The van der Waals surface area contributed by atoms with Gasteiger partial charge in [0.1, 0.15) is 23.2 Å². The van der Waals surface area contributed by atoms with E-state index in [9.17, 15) is 24.9 Å². The number of carboxylic acid groups (broad SMARTS) is 1. The Morgan fingerprint density at radius 2 is 1.69 bits per heavy atom. The molecule has 0 spiro atoms. The summed E-state index contributed by atoms with van der Waals surface area (Å²) in [7, 11) is 0. The van der Waals surface area contributed by atoms with Crippen molar-refractivity contribution in [1.29, 1.82) is 5.41 Å². The molecule has 0 unspecified atom stereocenters. The van der Waals surface area contributed by atoms with E-state index >= 15 is 0 Å². The molecule has 2 amide bonds. The number of benzene rings is 3. The highest BCUT2D eigenvalue weighted by Gasteiger charge is 2.20. The number of nitrogens with two attached hydrogens (primary N) is 2. The summed E-state index contributed by atoms with van der Waals surface area (Å²) in [5.41, 5.74) is 13.9. The number of aromatic amines is 1. The van der Waals surface area contributed by atoms with E-state index in [2.05, 4.69) is 15.3 Å². The van der Waals surface area contributed by atoms with Gasteiger partial charge in [-0.15, -0.1) is 0 Å². The number of carbonyl (C=O) groups is 2. The fourth-order valence-corrected chi connectivity index (χ4v) is 3.76. The Morgan fingerprint density at radius 1 is 0.971 bits per heavy atom. The highest BCUT2D eigenvalue weighted by atomic mass is 16.4. The van der Waals surface area contributed by atoms with Crippen molar-refractivity contribution in [2.24, 2.45) is 11.5 Å². The summed E-state index contributed by atoms with van der Waals surface area (Å²) in [6.07, 6.45) is -0.335. The van der Waals surface area contributed by atoms with Crippen molar-refractivity contribution in [3.05, 3.63) is 65.2 Å². The number of rotatable bonds is 7. The number of imidazole rings is 1. The largest absolute Gasteiger partial charge is 0.507 e. The van der Waals surface area contributed by atoms with Gasteiger partial charge >= 0.3 is 12.0 Å². The SMILES string of the molecule is N=C(N)c1ccc2[nH]c(-c3cc(CC(=O)O)cc(-c4cc(CNC(N)=O)ccc4O)c3O)nc2c1. The zero-order chi connectivity index (χ0) is 25.3. The van der Waals surface area contributed by atoms with Crippen LogP contribution in [0.1, 0.15) is 16.7 Å². The second kappa shape index (κ2) is 9.06. The second-order valence-corrected chi connectivity index (χ2v) is 7.91. The minimum Gasteiger partial charge on any atom is -0.507 e. The molecule has 4 aromatic rings. The molecule has 35 heavy (non-hydrogen) atoms. The van der Waals surface area contributed by atoms with Crippen LogP contribution in [-0.4, -0.2) is 43.1 Å². The molecule has 0 saturated carbocycles. The molecule has 0 bridgehead atoms. The van der Waals surface area contributed by atoms with E-state index < -0.39 is 12.0 Å². The molecular formula is C24H22N6O5. The van der Waals surface area contributed by atoms with Crippen LogP contribution in [0.5, 0.6) is 11.5 Å². The number of nitrogen functional groups attached to an aromatic ring is 1. The van der Waals surface area contributed by atoms with Gasteiger partial charge in [0.25, 0.3) is 0 Å². The molecule has 0 atom stereocenters. The van der Waals surface area contributed by atoms with Crippen LogP contribution in [0.2, 0.25) is 0 Å². The number of carbonyl (C=O) groups excluding carboxylic acids is 1. The minimum absolute atomic E-state index is 0.0904. The van der Waals surface area contributed by atoms with Crippen LogP contribution in [0.15, 0.2) is 48.5 Å². The molecular weight excluding hydrogens is 452 g/mol. The first kappa shape index (κ1) is 23.1. The fourth-order valence-electron chi connectivity index (χ4n) is 3.76. The van der Waals surface area contributed by atoms with Crippen molar-refractivity contribution >= 4 is 28.9 Å². The van der Waals surface area contributed by atoms with Crippen molar-refractivity contribution in [3.63, 3.8) is 0 Å². The van der Waals surface area contributed by atoms with Gasteiger partial charge in [-0.25, -0.2) is 9.78 Å². The van der Waals surface area contributed by atoms with Crippen LogP contribution in [0.25, 0.3) is 33.5 Å². The molecule has 0 radical (unpaired) electrons. The standard InChI is InChI=1S/C24H22N6O5/c25-22(26)13-2-3-17-18(9-13)30-23(29-17)16-7-12(8-20(32)33)6-15(21(16)34)14-5-11(1-4-19(14)31)10-28-24(27)35/h1-7,9,31,34H,8,10H2,(H3,25,26)(H,29,30)(H,32,33)(H3,27,28,35). The number of urea groups is 1. The van der Waals surface area contributed by atoms with E-state index in [4.69, 9.17) is 16.9 Å². The van der Waals surface area contributed by atoms with Gasteiger partial charge in [0.05, 0.1) is 23.0 Å². The Morgan fingerprint density at radius 3 is 2.37 bits per heavy atom. The van der Waals surface area contributed by atoms with Gasteiger partial charge in [-0.2, -0.15) is 0 Å². The lowest BCUT2D eigenvalue weighted by atomic mass is 9.94. The Hall–Kier alpha value is -5.06. The van der Waals surface area contributed by atoms with E-state index in [-0.39, 0.29) is 52.8 Å². The number of nitrogens with one attached hydrogen (secondary N) is 3. The zero-order valence-electron chi connectivity index (χ0n) is 18.3. The van der Waals surface area contributed by atoms with Gasteiger partial charge in [0, 0.05) is 23.2 Å². The lowest BCUT2D eigenvalue weighted by Crippen LogP contribution is -2.28. The summed E-state index contributed by atoms with van der Waals surface area (Å²) in [6.45, 7) is 0.0904. The van der Waals surface area contributed by atoms with E-state index in [1.807, 2.05) is 0 Å². The van der Waals surface area contributed by atoms with E-state index in [0.29, 0.717) is 27.7 Å². The maximum atomic E-state index is 11.4. The van der Waals surface area contributed by atoms with Crippen LogP contribution in [-0.2, 0) is 17.8 Å². The molecule has 1 heterocycles. The molecule has 0 saturated heterocycles. The van der Waals surface area contributed by atoms with Crippen molar-refractivity contribution in [3.8, 4) is 34.0 Å². The Kier molecular flexibility index (Phi) is 5.98. The molecule has 11 nitrogen and oxygen atoms in total. The van der Waals surface area contributed by atoms with Crippen molar-refractivity contribution < 1.29 is 24.9 Å². The van der Waals surface area contributed by atoms with Crippen molar-refractivity contribution in [1.82, 2.24) is 15.3 Å². The number of aromatic hydroxyl groups is 2. The molecule has 0 aliphatic heterocycles. The number of carboxylic acids is 1. The minimum atomic E-state index is -1.08. The number of phenolic OH excluding ortho intramolecular Hbond substituents is 2. The summed E-state index contributed by atoms with van der Waals surface area (Å²) >= 11 is 0. The van der Waals surface area contributed by atoms with Crippen molar-refractivity contribution in [2.75, 3.05) is 0 Å². The molecule has 1 aromatic heterocycles. The van der Waals surface area contributed by atoms with Gasteiger partial charge in [-0.1, -0.05) is 6.07 Å². The number of primary amides is 1. The van der Waals surface area contributed by atoms with E-state index in [1.54, 1.807) is 30.3 Å². The summed E-state index contributed by atoms with van der Waals surface area (Å²) < 4.78 is 0. The number of nitrogens with zero attached hydrogens (tertiary/aromatic N) is 1.